The van der Waals surface area contributed by atoms with Crippen LogP contribution in [0.3, 0.4) is 0 Å². The molecule has 1 aromatic rings. The number of aliphatic hydroxyl groups is 1. The van der Waals surface area contributed by atoms with Crippen molar-refractivity contribution in [2.75, 3.05) is 19.8 Å². The number of carbonyl (C=O) groups is 1. The first kappa shape index (κ1) is 19.5. The third-order valence-electron chi connectivity index (χ3n) is 3.24. The van der Waals surface area contributed by atoms with Gasteiger partial charge in [-0.1, -0.05) is 39.3 Å². The third kappa shape index (κ3) is 9.21. The minimum Gasteiger partial charge on any atom is -0.491 e. The summed E-state index contributed by atoms with van der Waals surface area (Å²) >= 11 is 0. The number of ether oxygens (including phenoxy) is 2. The van der Waals surface area contributed by atoms with Gasteiger partial charge in [-0.3, -0.25) is 4.79 Å². The Labute approximate surface area is 139 Å². The Morgan fingerprint density at radius 3 is 2.57 bits per heavy atom. The predicted octanol–water partition coefficient (Wildman–Crippen LogP) is 2.31. The molecule has 1 rings (SSSR count). The van der Waals surface area contributed by atoms with E-state index >= 15 is 0 Å². The van der Waals surface area contributed by atoms with Crippen LogP contribution in [0.15, 0.2) is 24.3 Å². The molecule has 0 aliphatic carbocycles. The minimum absolute atomic E-state index is 0.206. The normalized spacial score (nSPS) is 12.2. The Morgan fingerprint density at radius 1 is 1.26 bits per heavy atom. The first-order chi connectivity index (χ1) is 11.0. The largest absolute Gasteiger partial charge is 0.491 e. The molecule has 0 amide bonds. The molecule has 0 aliphatic rings. The van der Waals surface area contributed by atoms with Crippen LogP contribution >= 0.6 is 0 Å². The Hall–Kier alpha value is -1.59. The van der Waals surface area contributed by atoms with E-state index in [9.17, 15) is 9.90 Å². The molecule has 0 aliphatic heterocycles. The maximum Gasteiger partial charge on any atom is 0.310 e. The fraction of sp³-hybridized carbons (Fsp3) is 0.611. The molecule has 1 aromatic carbocycles. The van der Waals surface area contributed by atoms with E-state index in [1.165, 1.54) is 0 Å². The van der Waals surface area contributed by atoms with Crippen LogP contribution in [0.2, 0.25) is 0 Å². The van der Waals surface area contributed by atoms with E-state index < -0.39 is 6.10 Å². The van der Waals surface area contributed by atoms with Crippen molar-refractivity contribution in [1.82, 2.24) is 5.32 Å². The van der Waals surface area contributed by atoms with Gasteiger partial charge in [0.25, 0.3) is 0 Å². The monoisotopic (exact) mass is 323 g/mol. The summed E-state index contributed by atoms with van der Waals surface area (Å²) in [7, 11) is 0. The quantitative estimate of drug-likeness (QED) is 0.483. The molecule has 1 atom stereocenters. The van der Waals surface area contributed by atoms with Crippen LogP contribution in [-0.4, -0.2) is 43.0 Å². The van der Waals surface area contributed by atoms with Gasteiger partial charge >= 0.3 is 5.97 Å². The highest BCUT2D eigenvalue weighted by Gasteiger charge is 2.07. The summed E-state index contributed by atoms with van der Waals surface area (Å²) in [5, 5.41) is 12.9. The number of carbonyl (C=O) groups excluding carboxylic acids is 1. The lowest BCUT2D eigenvalue weighted by Crippen LogP contribution is -2.35. The van der Waals surface area contributed by atoms with Gasteiger partial charge in [-0.15, -0.1) is 0 Å². The first-order valence-electron chi connectivity index (χ1n) is 8.30. The summed E-state index contributed by atoms with van der Waals surface area (Å²) in [5.41, 5.74) is 0.890. The summed E-state index contributed by atoms with van der Waals surface area (Å²) in [5.74, 6) is 0.471. The fourth-order valence-corrected chi connectivity index (χ4v) is 1.87. The average Bonchev–Trinajstić information content (AvgIpc) is 2.52. The van der Waals surface area contributed by atoms with Crippen LogP contribution < -0.4 is 10.1 Å². The van der Waals surface area contributed by atoms with Gasteiger partial charge in [0.15, 0.2) is 0 Å². The van der Waals surface area contributed by atoms with Crippen molar-refractivity contribution in [2.24, 2.45) is 0 Å². The van der Waals surface area contributed by atoms with Crippen LogP contribution in [0.25, 0.3) is 0 Å². The van der Waals surface area contributed by atoms with Crippen molar-refractivity contribution < 1.29 is 19.4 Å². The molecule has 0 saturated heterocycles. The van der Waals surface area contributed by atoms with E-state index in [1.807, 2.05) is 26.0 Å². The van der Waals surface area contributed by atoms with Gasteiger partial charge in [0.05, 0.1) is 13.0 Å². The highest BCUT2D eigenvalue weighted by molar-refractivity contribution is 5.72. The summed E-state index contributed by atoms with van der Waals surface area (Å²) in [6, 6.07) is 7.62. The summed E-state index contributed by atoms with van der Waals surface area (Å²) in [6.07, 6.45) is 1.63. The Bertz CT molecular complexity index is 445. The number of nitrogens with one attached hydrogen (secondary N) is 1. The van der Waals surface area contributed by atoms with E-state index in [4.69, 9.17) is 9.47 Å². The summed E-state index contributed by atoms with van der Waals surface area (Å²) in [4.78, 5) is 11.6. The topological polar surface area (TPSA) is 67.8 Å². The Kier molecular flexibility index (Phi) is 9.33. The van der Waals surface area contributed by atoms with Crippen LogP contribution in [0.4, 0.5) is 0 Å². The average molecular weight is 323 g/mol. The molecular weight excluding hydrogens is 294 g/mol. The molecule has 5 heteroatoms. The van der Waals surface area contributed by atoms with E-state index in [1.54, 1.807) is 12.1 Å². The molecule has 0 spiro atoms. The molecule has 23 heavy (non-hydrogen) atoms. The van der Waals surface area contributed by atoms with Gasteiger partial charge in [0.2, 0.25) is 0 Å². The van der Waals surface area contributed by atoms with E-state index in [0.29, 0.717) is 24.9 Å². The number of esters is 1. The fourth-order valence-electron chi connectivity index (χ4n) is 1.87. The molecular formula is C18H29NO4. The number of rotatable bonds is 11. The zero-order valence-electron chi connectivity index (χ0n) is 14.4. The van der Waals surface area contributed by atoms with Crippen molar-refractivity contribution in [3.63, 3.8) is 0 Å². The number of benzene rings is 1. The second kappa shape index (κ2) is 11.0. The van der Waals surface area contributed by atoms with Gasteiger partial charge < -0.3 is 19.9 Å². The zero-order valence-corrected chi connectivity index (χ0v) is 14.4. The number of unbranched alkanes of at least 4 members (excludes halogenated alkanes) is 1. The van der Waals surface area contributed by atoms with Crippen molar-refractivity contribution >= 4 is 5.97 Å². The molecule has 0 aromatic heterocycles. The molecule has 0 saturated carbocycles. The Balaban J connectivity index is 2.31. The minimum atomic E-state index is -0.550. The smallest absolute Gasteiger partial charge is 0.310 e. The highest BCUT2D eigenvalue weighted by Crippen LogP contribution is 2.13. The Morgan fingerprint density at radius 2 is 1.96 bits per heavy atom. The van der Waals surface area contributed by atoms with E-state index in [2.05, 4.69) is 12.2 Å². The van der Waals surface area contributed by atoms with E-state index in [-0.39, 0.29) is 19.0 Å². The van der Waals surface area contributed by atoms with Gasteiger partial charge in [0, 0.05) is 12.6 Å². The van der Waals surface area contributed by atoms with Crippen molar-refractivity contribution in [3.05, 3.63) is 29.8 Å². The van der Waals surface area contributed by atoms with E-state index in [0.717, 1.165) is 18.4 Å². The maximum absolute atomic E-state index is 11.6. The van der Waals surface area contributed by atoms with Gasteiger partial charge in [-0.05, 0) is 24.1 Å². The molecule has 0 unspecified atom stereocenters. The van der Waals surface area contributed by atoms with Crippen LogP contribution in [0.1, 0.15) is 39.2 Å². The van der Waals surface area contributed by atoms with Crippen molar-refractivity contribution in [3.8, 4) is 5.75 Å². The predicted molar refractivity (Wildman–Crippen MR) is 90.7 cm³/mol. The van der Waals surface area contributed by atoms with Gasteiger partial charge in [-0.25, -0.2) is 0 Å². The lowest BCUT2D eigenvalue weighted by atomic mass is 10.1. The summed E-state index contributed by atoms with van der Waals surface area (Å²) in [6.45, 7) is 7.33. The number of hydrogen-bond donors (Lipinski definition) is 2. The van der Waals surface area contributed by atoms with Crippen LogP contribution in [-0.2, 0) is 16.0 Å². The standard InChI is InChI=1S/C18H29NO4/c1-4-5-10-22-18(21)11-15-6-8-17(9-7-15)23-13-16(20)12-19-14(2)3/h6-9,14,16,19-20H,4-5,10-13H2,1-3H3/t16-/m0/s1. The highest BCUT2D eigenvalue weighted by atomic mass is 16.5. The second-order valence-electron chi connectivity index (χ2n) is 5.92. The number of hydrogen-bond acceptors (Lipinski definition) is 5. The molecule has 0 bridgehead atoms. The number of aliphatic hydroxyl groups excluding tert-OH is 1. The molecule has 0 heterocycles. The second-order valence-corrected chi connectivity index (χ2v) is 5.92. The molecule has 130 valence electrons. The molecule has 5 nitrogen and oxygen atoms in total. The van der Waals surface area contributed by atoms with Crippen LogP contribution in [0.5, 0.6) is 5.75 Å². The van der Waals surface area contributed by atoms with Crippen LogP contribution in [0, 0.1) is 0 Å². The summed E-state index contributed by atoms with van der Waals surface area (Å²) < 4.78 is 10.7. The lowest BCUT2D eigenvalue weighted by molar-refractivity contribution is -0.142. The SMILES string of the molecule is CCCCOC(=O)Cc1ccc(OC[C@@H](O)CNC(C)C)cc1. The zero-order chi connectivity index (χ0) is 17.1. The molecule has 0 fully saturated rings. The van der Waals surface area contributed by atoms with Gasteiger partial charge in [-0.2, -0.15) is 0 Å². The molecule has 2 N–H and O–H groups in total. The van der Waals surface area contributed by atoms with Crippen molar-refractivity contribution in [1.29, 1.82) is 0 Å². The maximum atomic E-state index is 11.6. The molecule has 0 radical (unpaired) electrons. The van der Waals surface area contributed by atoms with Crippen molar-refractivity contribution in [2.45, 2.75) is 52.2 Å². The lowest BCUT2D eigenvalue weighted by Gasteiger charge is -2.15. The third-order valence-corrected chi connectivity index (χ3v) is 3.24. The first-order valence-corrected chi connectivity index (χ1v) is 8.30. The van der Waals surface area contributed by atoms with Gasteiger partial charge in [0.1, 0.15) is 18.5 Å².